The molecule has 0 amide bonds. The molecule has 0 radical (unpaired) electrons. The van der Waals surface area contributed by atoms with Crippen LogP contribution in [-0.4, -0.2) is 63.2 Å². The molecule has 0 aromatic heterocycles. The molecule has 1 fully saturated rings. The number of hydrogen-bond donors (Lipinski definition) is 1. The molecular formula is C17H37N3. The molecule has 0 bridgehead atoms. The highest BCUT2D eigenvalue weighted by Crippen LogP contribution is 2.41. The van der Waals surface area contributed by atoms with Crippen LogP contribution in [0.25, 0.3) is 0 Å². The third-order valence-electron chi connectivity index (χ3n) is 4.78. The van der Waals surface area contributed by atoms with Gasteiger partial charge >= 0.3 is 0 Å². The minimum atomic E-state index is 0.463. The zero-order valence-electron chi connectivity index (χ0n) is 14.7. The topological polar surface area (TPSA) is 18.5 Å². The first-order chi connectivity index (χ1) is 9.36. The molecule has 0 heterocycles. The van der Waals surface area contributed by atoms with E-state index in [1.165, 1.54) is 45.3 Å². The van der Waals surface area contributed by atoms with E-state index in [0.717, 1.165) is 12.5 Å². The zero-order chi connectivity index (χ0) is 15.2. The normalized spacial score (nSPS) is 25.8. The van der Waals surface area contributed by atoms with E-state index >= 15 is 0 Å². The average Bonchev–Trinajstić information content (AvgIpc) is 2.61. The van der Waals surface area contributed by atoms with Crippen molar-refractivity contribution in [2.75, 3.05) is 47.3 Å². The van der Waals surface area contributed by atoms with Crippen LogP contribution in [0.15, 0.2) is 0 Å². The lowest BCUT2D eigenvalue weighted by molar-refractivity contribution is 0.199. The van der Waals surface area contributed by atoms with Gasteiger partial charge in [0, 0.05) is 12.6 Å². The fourth-order valence-corrected chi connectivity index (χ4v) is 3.61. The summed E-state index contributed by atoms with van der Waals surface area (Å²) in [5.74, 6) is 0.820. The van der Waals surface area contributed by atoms with Gasteiger partial charge in [-0.1, -0.05) is 20.8 Å². The Morgan fingerprint density at radius 3 is 2.45 bits per heavy atom. The van der Waals surface area contributed by atoms with E-state index < -0.39 is 0 Å². The zero-order valence-corrected chi connectivity index (χ0v) is 14.7. The first kappa shape index (κ1) is 17.9. The minimum absolute atomic E-state index is 0.463. The number of nitrogens with one attached hydrogen (secondary N) is 1. The van der Waals surface area contributed by atoms with E-state index in [0.29, 0.717) is 11.5 Å². The van der Waals surface area contributed by atoms with E-state index in [-0.39, 0.29) is 0 Å². The largest absolute Gasteiger partial charge is 0.313 e. The molecule has 3 nitrogen and oxygen atoms in total. The van der Waals surface area contributed by atoms with Crippen molar-refractivity contribution >= 4 is 0 Å². The molecular weight excluding hydrogens is 246 g/mol. The van der Waals surface area contributed by atoms with E-state index in [9.17, 15) is 0 Å². The summed E-state index contributed by atoms with van der Waals surface area (Å²) in [5.41, 5.74) is 0.463. The average molecular weight is 284 g/mol. The summed E-state index contributed by atoms with van der Waals surface area (Å²) in [6.07, 6.45) is 5.25. The predicted octanol–water partition coefficient (Wildman–Crippen LogP) is 2.67. The number of nitrogens with zero attached hydrogens (tertiary/aromatic N) is 2. The second-order valence-electron chi connectivity index (χ2n) is 7.64. The highest BCUT2D eigenvalue weighted by Gasteiger charge is 2.41. The van der Waals surface area contributed by atoms with Crippen molar-refractivity contribution in [3.63, 3.8) is 0 Å². The summed E-state index contributed by atoms with van der Waals surface area (Å²) in [7, 11) is 6.60. The highest BCUT2D eigenvalue weighted by molar-refractivity contribution is 4.96. The fourth-order valence-electron chi connectivity index (χ4n) is 3.61. The van der Waals surface area contributed by atoms with E-state index in [2.05, 4.69) is 57.0 Å². The fraction of sp³-hybridized carbons (Fsp3) is 1.00. The van der Waals surface area contributed by atoms with Crippen molar-refractivity contribution in [1.29, 1.82) is 0 Å². The molecule has 1 aliphatic rings. The summed E-state index contributed by atoms with van der Waals surface area (Å²) >= 11 is 0. The SMILES string of the molecule is CCCNC1C(CN(C)CCCN(C)C)CCC1(C)C. The van der Waals surface area contributed by atoms with E-state index in [1.54, 1.807) is 0 Å². The Labute approximate surface area is 127 Å². The van der Waals surface area contributed by atoms with Crippen molar-refractivity contribution in [3.8, 4) is 0 Å². The molecule has 20 heavy (non-hydrogen) atoms. The first-order valence-corrected chi connectivity index (χ1v) is 8.43. The van der Waals surface area contributed by atoms with Gasteiger partial charge in [-0.3, -0.25) is 0 Å². The van der Waals surface area contributed by atoms with Gasteiger partial charge in [-0.05, 0) is 77.8 Å². The van der Waals surface area contributed by atoms with E-state index in [4.69, 9.17) is 0 Å². The Morgan fingerprint density at radius 1 is 1.15 bits per heavy atom. The molecule has 1 saturated carbocycles. The molecule has 0 spiro atoms. The third kappa shape index (κ3) is 5.71. The van der Waals surface area contributed by atoms with E-state index in [1.807, 2.05) is 0 Å². The smallest absolute Gasteiger partial charge is 0.0159 e. The molecule has 120 valence electrons. The number of rotatable bonds is 9. The van der Waals surface area contributed by atoms with Crippen LogP contribution in [0.1, 0.15) is 46.5 Å². The third-order valence-corrected chi connectivity index (χ3v) is 4.78. The van der Waals surface area contributed by atoms with Crippen LogP contribution < -0.4 is 5.32 Å². The summed E-state index contributed by atoms with van der Waals surface area (Å²) in [5, 5.41) is 3.82. The molecule has 0 aromatic carbocycles. The van der Waals surface area contributed by atoms with Gasteiger partial charge in [0.1, 0.15) is 0 Å². The van der Waals surface area contributed by atoms with Crippen LogP contribution in [0.5, 0.6) is 0 Å². The molecule has 0 saturated heterocycles. The summed E-state index contributed by atoms with van der Waals surface area (Å²) < 4.78 is 0. The molecule has 0 aromatic rings. The lowest BCUT2D eigenvalue weighted by Gasteiger charge is -2.33. The van der Waals surface area contributed by atoms with Crippen molar-refractivity contribution in [3.05, 3.63) is 0 Å². The van der Waals surface area contributed by atoms with Gasteiger partial charge in [-0.2, -0.15) is 0 Å². The lowest BCUT2D eigenvalue weighted by Crippen LogP contribution is -2.45. The Kier molecular flexibility index (Phi) is 7.49. The van der Waals surface area contributed by atoms with Gasteiger partial charge in [0.25, 0.3) is 0 Å². The van der Waals surface area contributed by atoms with Gasteiger partial charge < -0.3 is 15.1 Å². The Balaban J connectivity index is 2.40. The maximum atomic E-state index is 3.82. The quantitative estimate of drug-likeness (QED) is 0.702. The molecule has 1 rings (SSSR count). The van der Waals surface area contributed by atoms with Gasteiger partial charge in [-0.15, -0.1) is 0 Å². The Bertz CT molecular complexity index is 263. The summed E-state index contributed by atoms with van der Waals surface area (Å²) in [4.78, 5) is 4.81. The van der Waals surface area contributed by atoms with Gasteiger partial charge in [-0.25, -0.2) is 0 Å². The van der Waals surface area contributed by atoms with Gasteiger partial charge in [0.05, 0.1) is 0 Å². The van der Waals surface area contributed by atoms with Crippen molar-refractivity contribution in [1.82, 2.24) is 15.1 Å². The molecule has 1 N–H and O–H groups in total. The van der Waals surface area contributed by atoms with Crippen LogP contribution in [0.3, 0.4) is 0 Å². The monoisotopic (exact) mass is 283 g/mol. The Morgan fingerprint density at radius 2 is 1.85 bits per heavy atom. The van der Waals surface area contributed by atoms with Crippen LogP contribution in [0.4, 0.5) is 0 Å². The predicted molar refractivity (Wildman–Crippen MR) is 89.3 cm³/mol. The second-order valence-corrected chi connectivity index (χ2v) is 7.64. The first-order valence-electron chi connectivity index (χ1n) is 8.43. The molecule has 1 aliphatic carbocycles. The summed E-state index contributed by atoms with van der Waals surface area (Å²) in [6.45, 7) is 12.0. The second kappa shape index (κ2) is 8.35. The maximum Gasteiger partial charge on any atom is 0.0159 e. The standard InChI is InChI=1S/C17H37N3/c1-7-11-18-16-15(9-10-17(16,2)3)14-20(6)13-8-12-19(4)5/h15-16,18H,7-14H2,1-6H3. The maximum absolute atomic E-state index is 3.82. The Hall–Kier alpha value is -0.120. The van der Waals surface area contributed by atoms with Crippen LogP contribution in [0, 0.1) is 11.3 Å². The summed E-state index contributed by atoms with van der Waals surface area (Å²) in [6, 6.07) is 0.693. The van der Waals surface area contributed by atoms with Crippen molar-refractivity contribution in [2.45, 2.75) is 52.5 Å². The van der Waals surface area contributed by atoms with Crippen LogP contribution in [-0.2, 0) is 0 Å². The van der Waals surface area contributed by atoms with Crippen LogP contribution in [0.2, 0.25) is 0 Å². The van der Waals surface area contributed by atoms with Crippen molar-refractivity contribution < 1.29 is 0 Å². The van der Waals surface area contributed by atoms with Crippen LogP contribution >= 0.6 is 0 Å². The number of hydrogen-bond acceptors (Lipinski definition) is 3. The molecule has 3 heteroatoms. The molecule has 0 aliphatic heterocycles. The lowest BCUT2D eigenvalue weighted by atomic mass is 9.84. The molecule has 2 unspecified atom stereocenters. The molecule has 2 atom stereocenters. The van der Waals surface area contributed by atoms with Gasteiger partial charge in [0.2, 0.25) is 0 Å². The highest BCUT2D eigenvalue weighted by atomic mass is 15.1. The van der Waals surface area contributed by atoms with Crippen molar-refractivity contribution in [2.24, 2.45) is 11.3 Å². The van der Waals surface area contributed by atoms with Gasteiger partial charge in [0.15, 0.2) is 0 Å². The minimum Gasteiger partial charge on any atom is -0.313 e.